The van der Waals surface area contributed by atoms with Crippen molar-refractivity contribution in [3.8, 4) is 0 Å². The number of aryl methyl sites for hydroxylation is 1. The summed E-state index contributed by atoms with van der Waals surface area (Å²) in [5.74, 6) is 1.84. The monoisotopic (exact) mass is 349 g/mol. The van der Waals surface area contributed by atoms with Gasteiger partial charge in [0, 0.05) is 18.6 Å². The molecule has 25 heavy (non-hydrogen) atoms. The Morgan fingerprint density at radius 2 is 2.24 bits per heavy atom. The van der Waals surface area contributed by atoms with E-state index in [9.17, 15) is 4.79 Å². The Morgan fingerprint density at radius 3 is 2.96 bits per heavy atom. The Bertz CT molecular complexity index is 601. The van der Waals surface area contributed by atoms with E-state index < -0.39 is 6.10 Å². The van der Waals surface area contributed by atoms with E-state index in [0.29, 0.717) is 6.61 Å². The largest absolute Gasteiger partial charge is 0.466 e. The predicted molar refractivity (Wildman–Crippen MR) is 95.4 cm³/mol. The number of hydrogen-bond acceptors (Lipinski definition) is 4. The van der Waals surface area contributed by atoms with Gasteiger partial charge in [-0.25, -0.2) is 0 Å². The highest BCUT2D eigenvalue weighted by Gasteiger charge is 2.36. The Morgan fingerprint density at radius 1 is 1.44 bits per heavy atom. The van der Waals surface area contributed by atoms with Crippen molar-refractivity contribution in [2.45, 2.75) is 78.0 Å². The van der Waals surface area contributed by atoms with Gasteiger partial charge in [0.1, 0.15) is 17.6 Å². The van der Waals surface area contributed by atoms with Crippen LogP contribution in [0.1, 0.15) is 69.6 Å². The molecule has 3 rings (SSSR count). The third kappa shape index (κ3) is 4.64. The van der Waals surface area contributed by atoms with Gasteiger partial charge in [-0.2, -0.15) is 0 Å². The van der Waals surface area contributed by atoms with Gasteiger partial charge < -0.3 is 19.2 Å². The number of amides is 1. The molecule has 3 unspecified atom stereocenters. The van der Waals surface area contributed by atoms with Crippen LogP contribution in [0.5, 0.6) is 0 Å². The van der Waals surface area contributed by atoms with Gasteiger partial charge in [-0.1, -0.05) is 13.8 Å². The number of carbonyl (C=O) groups excluding carboxylic acids is 1. The number of nitrogens with one attached hydrogen (secondary N) is 1. The Balaban J connectivity index is 1.57. The smallest absolute Gasteiger partial charge is 0.249 e. The van der Waals surface area contributed by atoms with Crippen LogP contribution >= 0.6 is 0 Å². The van der Waals surface area contributed by atoms with E-state index in [4.69, 9.17) is 13.9 Å². The highest BCUT2D eigenvalue weighted by atomic mass is 16.5. The van der Waals surface area contributed by atoms with E-state index in [0.717, 1.165) is 49.4 Å². The van der Waals surface area contributed by atoms with E-state index >= 15 is 0 Å². The number of carbonyl (C=O) groups is 1. The average Bonchev–Trinajstić information content (AvgIpc) is 2.92. The second-order valence-electron chi connectivity index (χ2n) is 8.31. The van der Waals surface area contributed by atoms with Crippen LogP contribution in [0.3, 0.4) is 0 Å². The fourth-order valence-corrected chi connectivity index (χ4v) is 3.87. The third-order valence-corrected chi connectivity index (χ3v) is 5.23. The van der Waals surface area contributed by atoms with Gasteiger partial charge in [0.25, 0.3) is 0 Å². The highest BCUT2D eigenvalue weighted by Crippen LogP contribution is 2.42. The SMILES string of the molecule is Cc1cc2c(o1)CC(C)(C)CC2NC(=O)C(C)OCC1CCCCO1. The minimum atomic E-state index is -0.480. The molecular weight excluding hydrogens is 318 g/mol. The molecular formula is C20H31NO4. The summed E-state index contributed by atoms with van der Waals surface area (Å²) in [6, 6.07) is 2.04. The molecule has 1 saturated heterocycles. The number of furan rings is 1. The third-order valence-electron chi connectivity index (χ3n) is 5.23. The van der Waals surface area contributed by atoms with Crippen LogP contribution in [0.15, 0.2) is 10.5 Å². The summed E-state index contributed by atoms with van der Waals surface area (Å²) in [5, 5.41) is 3.17. The lowest BCUT2D eigenvalue weighted by atomic mass is 9.74. The fourth-order valence-electron chi connectivity index (χ4n) is 3.87. The molecule has 1 fully saturated rings. The second-order valence-corrected chi connectivity index (χ2v) is 8.31. The number of rotatable bonds is 5. The maximum atomic E-state index is 12.6. The Hall–Kier alpha value is -1.33. The topological polar surface area (TPSA) is 60.7 Å². The van der Waals surface area contributed by atoms with Crippen molar-refractivity contribution >= 4 is 5.91 Å². The Labute approximate surface area is 150 Å². The van der Waals surface area contributed by atoms with Crippen LogP contribution in [0.4, 0.5) is 0 Å². The molecule has 1 aliphatic carbocycles. The molecule has 0 bridgehead atoms. The summed E-state index contributed by atoms with van der Waals surface area (Å²) in [6.07, 6.45) is 4.78. The first-order chi connectivity index (χ1) is 11.8. The molecule has 2 aliphatic rings. The van der Waals surface area contributed by atoms with Gasteiger partial charge in [0.05, 0.1) is 18.8 Å². The first-order valence-corrected chi connectivity index (χ1v) is 9.47. The zero-order valence-corrected chi connectivity index (χ0v) is 15.9. The van der Waals surface area contributed by atoms with Crippen LogP contribution in [-0.2, 0) is 20.7 Å². The zero-order chi connectivity index (χ0) is 18.0. The van der Waals surface area contributed by atoms with Gasteiger partial charge in [-0.3, -0.25) is 4.79 Å². The van der Waals surface area contributed by atoms with E-state index in [2.05, 4.69) is 25.2 Å². The quantitative estimate of drug-likeness (QED) is 0.881. The van der Waals surface area contributed by atoms with Crippen LogP contribution in [0.2, 0.25) is 0 Å². The molecule has 3 atom stereocenters. The first kappa shape index (κ1) is 18.5. The van der Waals surface area contributed by atoms with Crippen LogP contribution in [-0.4, -0.2) is 31.3 Å². The molecule has 5 nitrogen and oxygen atoms in total. The van der Waals surface area contributed by atoms with E-state index in [1.807, 2.05) is 13.8 Å². The van der Waals surface area contributed by atoms with Gasteiger partial charge >= 0.3 is 0 Å². The van der Waals surface area contributed by atoms with E-state index in [1.165, 1.54) is 6.42 Å². The van der Waals surface area contributed by atoms with Crippen molar-refractivity contribution in [2.24, 2.45) is 5.41 Å². The van der Waals surface area contributed by atoms with E-state index in [1.54, 1.807) is 0 Å². The van der Waals surface area contributed by atoms with E-state index in [-0.39, 0.29) is 23.5 Å². The molecule has 0 saturated carbocycles. The molecule has 1 aliphatic heterocycles. The fraction of sp³-hybridized carbons (Fsp3) is 0.750. The van der Waals surface area contributed by atoms with Crippen molar-refractivity contribution in [1.82, 2.24) is 5.32 Å². The Kier molecular flexibility index (Phi) is 5.54. The average molecular weight is 349 g/mol. The zero-order valence-electron chi connectivity index (χ0n) is 15.9. The van der Waals surface area contributed by atoms with Gasteiger partial charge in [-0.05, 0) is 51.0 Å². The van der Waals surface area contributed by atoms with Gasteiger partial charge in [0.15, 0.2) is 0 Å². The van der Waals surface area contributed by atoms with Crippen molar-refractivity contribution in [1.29, 1.82) is 0 Å². The normalized spacial score (nSPS) is 26.7. The molecule has 0 radical (unpaired) electrons. The predicted octanol–water partition coefficient (Wildman–Crippen LogP) is 3.69. The molecule has 1 N–H and O–H groups in total. The van der Waals surface area contributed by atoms with Crippen LogP contribution in [0.25, 0.3) is 0 Å². The number of hydrogen-bond donors (Lipinski definition) is 1. The minimum Gasteiger partial charge on any atom is -0.466 e. The summed E-state index contributed by atoms with van der Waals surface area (Å²) >= 11 is 0. The molecule has 5 heteroatoms. The van der Waals surface area contributed by atoms with Crippen LogP contribution in [0, 0.1) is 12.3 Å². The highest BCUT2D eigenvalue weighted by molar-refractivity contribution is 5.80. The lowest BCUT2D eigenvalue weighted by Crippen LogP contribution is -2.41. The number of fused-ring (bicyclic) bond motifs is 1. The second kappa shape index (κ2) is 7.50. The standard InChI is InChI=1S/C20H31NO4/c1-13-9-16-17(10-20(3,4)11-18(16)25-13)21-19(22)14(2)24-12-15-7-5-6-8-23-15/h9,14-15,17H,5-8,10-12H2,1-4H3,(H,21,22). The lowest BCUT2D eigenvalue weighted by Gasteiger charge is -2.35. The number of ether oxygens (including phenoxy) is 2. The summed E-state index contributed by atoms with van der Waals surface area (Å²) < 4.78 is 17.3. The molecule has 0 spiro atoms. The lowest BCUT2D eigenvalue weighted by molar-refractivity contribution is -0.136. The molecule has 2 heterocycles. The van der Waals surface area contributed by atoms with Gasteiger partial charge in [0.2, 0.25) is 5.91 Å². The van der Waals surface area contributed by atoms with Crippen molar-refractivity contribution in [2.75, 3.05) is 13.2 Å². The summed E-state index contributed by atoms with van der Waals surface area (Å²) in [5.41, 5.74) is 1.22. The van der Waals surface area contributed by atoms with Crippen LogP contribution < -0.4 is 5.32 Å². The first-order valence-electron chi connectivity index (χ1n) is 9.47. The summed E-state index contributed by atoms with van der Waals surface area (Å²) in [6.45, 7) is 9.49. The van der Waals surface area contributed by atoms with Gasteiger partial charge in [-0.15, -0.1) is 0 Å². The molecule has 140 valence electrons. The molecule has 1 amide bonds. The maximum Gasteiger partial charge on any atom is 0.249 e. The summed E-state index contributed by atoms with van der Waals surface area (Å²) in [4.78, 5) is 12.6. The van der Waals surface area contributed by atoms with Crippen molar-refractivity contribution in [3.63, 3.8) is 0 Å². The summed E-state index contributed by atoms with van der Waals surface area (Å²) in [7, 11) is 0. The van der Waals surface area contributed by atoms with Crippen molar-refractivity contribution in [3.05, 3.63) is 23.2 Å². The van der Waals surface area contributed by atoms with Crippen molar-refractivity contribution < 1.29 is 18.7 Å². The molecule has 1 aromatic heterocycles. The minimum absolute atomic E-state index is 0.0133. The molecule has 0 aromatic carbocycles. The molecule has 1 aromatic rings. The maximum absolute atomic E-state index is 12.6.